The molecule has 0 atom stereocenters. The highest BCUT2D eigenvalue weighted by molar-refractivity contribution is 5.93. The molecule has 4 nitrogen and oxygen atoms in total. The smallest absolute Gasteiger partial charge is 0.136 e. The number of hydrogen-bond donors (Lipinski definition) is 1. The first kappa shape index (κ1) is 9.10. The van der Waals surface area contributed by atoms with E-state index in [-0.39, 0.29) is 5.78 Å². The summed E-state index contributed by atoms with van der Waals surface area (Å²) in [6.45, 7) is 0. The van der Waals surface area contributed by atoms with Gasteiger partial charge in [-0.25, -0.2) is 0 Å². The van der Waals surface area contributed by atoms with Gasteiger partial charge in [0.25, 0.3) is 0 Å². The van der Waals surface area contributed by atoms with Crippen LogP contribution in [0.1, 0.15) is 18.5 Å². The van der Waals surface area contributed by atoms with Gasteiger partial charge in [-0.3, -0.25) is 9.89 Å². The number of carbonyl (C=O) groups excluding carboxylic acids is 1. The van der Waals surface area contributed by atoms with Gasteiger partial charge in [-0.15, -0.1) is 0 Å². The highest BCUT2D eigenvalue weighted by Gasteiger charge is 2.47. The lowest BCUT2D eigenvalue weighted by molar-refractivity contribution is -0.126. The Hall–Kier alpha value is -2.15. The van der Waals surface area contributed by atoms with E-state index in [0.29, 0.717) is 12.8 Å². The van der Waals surface area contributed by atoms with E-state index in [1.54, 1.807) is 0 Å². The lowest BCUT2D eigenvalue weighted by Gasteiger charge is -2.32. The van der Waals surface area contributed by atoms with Crippen molar-refractivity contribution in [2.75, 3.05) is 0 Å². The Kier molecular flexibility index (Phi) is 1.66. The number of nitriles is 1. The lowest BCUT2D eigenvalue weighted by atomic mass is 9.66. The molecule has 0 radical (unpaired) electrons. The minimum absolute atomic E-state index is 0.139. The summed E-state index contributed by atoms with van der Waals surface area (Å²) in [5, 5.41) is 17.2. The van der Waals surface area contributed by atoms with Gasteiger partial charge in [0, 0.05) is 18.2 Å². The summed E-state index contributed by atoms with van der Waals surface area (Å²) in [6, 6.07) is 9.87. The number of ketones is 1. The Bertz CT molecular complexity index is 612. The second-order valence-electron chi connectivity index (χ2n) is 4.20. The van der Waals surface area contributed by atoms with Gasteiger partial charge in [0.05, 0.1) is 17.3 Å². The summed E-state index contributed by atoms with van der Waals surface area (Å²) >= 11 is 0. The van der Waals surface area contributed by atoms with Crippen LogP contribution in [0.3, 0.4) is 0 Å². The van der Waals surface area contributed by atoms with Gasteiger partial charge >= 0.3 is 0 Å². The van der Waals surface area contributed by atoms with Crippen molar-refractivity contribution in [2.24, 2.45) is 0 Å². The van der Waals surface area contributed by atoms with Gasteiger partial charge in [0.2, 0.25) is 0 Å². The number of benzene rings is 1. The molecule has 4 heteroatoms. The predicted octanol–water partition coefficient (Wildman–Crippen LogP) is 1.69. The van der Waals surface area contributed by atoms with Crippen molar-refractivity contribution in [2.45, 2.75) is 18.3 Å². The van der Waals surface area contributed by atoms with E-state index >= 15 is 0 Å². The molecule has 0 amide bonds. The molecular weight excluding hydrogens is 202 g/mol. The van der Waals surface area contributed by atoms with Crippen LogP contribution >= 0.6 is 0 Å². The zero-order valence-electron chi connectivity index (χ0n) is 8.53. The summed E-state index contributed by atoms with van der Waals surface area (Å²) in [4.78, 5) is 11.1. The fourth-order valence-corrected chi connectivity index (χ4v) is 2.26. The molecule has 0 unspecified atom stereocenters. The largest absolute Gasteiger partial charge is 0.300 e. The normalized spacial score (nSPS) is 18.1. The molecule has 1 aliphatic carbocycles. The van der Waals surface area contributed by atoms with Crippen molar-refractivity contribution < 1.29 is 4.79 Å². The Morgan fingerprint density at radius 2 is 2.12 bits per heavy atom. The van der Waals surface area contributed by atoms with Crippen LogP contribution in [0.4, 0.5) is 0 Å². The molecule has 1 aromatic heterocycles. The number of para-hydroxylation sites is 1. The summed E-state index contributed by atoms with van der Waals surface area (Å²) in [6.07, 6.45) is 0.603. The number of carbonyl (C=O) groups is 1. The number of aromatic amines is 1. The van der Waals surface area contributed by atoms with Crippen molar-refractivity contribution >= 4 is 16.7 Å². The fraction of sp³-hybridized carbons (Fsp3) is 0.250. The van der Waals surface area contributed by atoms with E-state index in [9.17, 15) is 10.1 Å². The average Bonchev–Trinajstić information content (AvgIpc) is 2.68. The molecule has 16 heavy (non-hydrogen) atoms. The quantitative estimate of drug-likeness (QED) is 0.780. The maximum atomic E-state index is 11.1. The molecule has 1 fully saturated rings. The van der Waals surface area contributed by atoms with Gasteiger partial charge in [0.15, 0.2) is 0 Å². The molecule has 1 heterocycles. The maximum Gasteiger partial charge on any atom is 0.136 e. The first-order chi connectivity index (χ1) is 7.75. The number of nitrogens with one attached hydrogen (secondary N) is 1. The van der Waals surface area contributed by atoms with Gasteiger partial charge < -0.3 is 0 Å². The van der Waals surface area contributed by atoms with Crippen molar-refractivity contribution in [1.29, 1.82) is 5.26 Å². The van der Waals surface area contributed by atoms with Gasteiger partial charge in [0.1, 0.15) is 11.2 Å². The molecule has 0 aliphatic heterocycles. The third kappa shape index (κ3) is 1.03. The topological polar surface area (TPSA) is 69.5 Å². The van der Waals surface area contributed by atoms with Crippen molar-refractivity contribution in [1.82, 2.24) is 10.2 Å². The van der Waals surface area contributed by atoms with E-state index in [0.717, 1.165) is 16.6 Å². The van der Waals surface area contributed by atoms with Crippen molar-refractivity contribution in [3.05, 3.63) is 30.0 Å². The van der Waals surface area contributed by atoms with Crippen LogP contribution in [0.15, 0.2) is 24.3 Å². The molecule has 1 saturated carbocycles. The molecule has 0 spiro atoms. The molecule has 0 bridgehead atoms. The number of H-pyrrole nitrogens is 1. The van der Waals surface area contributed by atoms with Gasteiger partial charge in [-0.1, -0.05) is 18.2 Å². The third-order valence-corrected chi connectivity index (χ3v) is 3.15. The van der Waals surface area contributed by atoms with Crippen LogP contribution in [0, 0.1) is 11.3 Å². The highest BCUT2D eigenvalue weighted by atomic mass is 16.1. The van der Waals surface area contributed by atoms with Crippen LogP contribution in [0.5, 0.6) is 0 Å². The molecule has 2 aromatic rings. The van der Waals surface area contributed by atoms with Gasteiger partial charge in [-0.2, -0.15) is 10.4 Å². The number of rotatable bonds is 1. The SMILES string of the molecule is N#CC1(c2[nH]nc3ccccc23)CC(=O)C1. The molecule has 78 valence electrons. The average molecular weight is 211 g/mol. The van der Waals surface area contributed by atoms with E-state index in [1.807, 2.05) is 24.3 Å². The zero-order valence-corrected chi connectivity index (χ0v) is 8.53. The summed E-state index contributed by atoms with van der Waals surface area (Å²) < 4.78 is 0. The highest BCUT2D eigenvalue weighted by Crippen LogP contribution is 2.42. The number of Topliss-reactive ketones (excluding diaryl/α,β-unsaturated/α-hetero) is 1. The monoisotopic (exact) mass is 211 g/mol. The van der Waals surface area contributed by atoms with E-state index in [1.165, 1.54) is 0 Å². The minimum Gasteiger partial charge on any atom is -0.300 e. The van der Waals surface area contributed by atoms with Crippen LogP contribution in [0.25, 0.3) is 10.9 Å². The Morgan fingerprint density at radius 3 is 2.81 bits per heavy atom. The van der Waals surface area contributed by atoms with Crippen LogP contribution in [-0.2, 0) is 10.2 Å². The first-order valence-electron chi connectivity index (χ1n) is 5.12. The number of nitrogens with zero attached hydrogens (tertiary/aromatic N) is 2. The zero-order chi connectivity index (χ0) is 11.2. The van der Waals surface area contributed by atoms with Crippen molar-refractivity contribution in [3.63, 3.8) is 0 Å². The van der Waals surface area contributed by atoms with E-state index < -0.39 is 5.41 Å². The number of aromatic nitrogens is 2. The second-order valence-corrected chi connectivity index (χ2v) is 4.20. The summed E-state index contributed by atoms with van der Waals surface area (Å²) in [5.74, 6) is 0.139. The Morgan fingerprint density at radius 1 is 1.38 bits per heavy atom. The van der Waals surface area contributed by atoms with Crippen LogP contribution < -0.4 is 0 Å². The standard InChI is InChI=1S/C12H9N3O/c13-7-12(5-8(16)6-12)11-9-3-1-2-4-10(9)14-15-11/h1-4H,5-6H2,(H,14,15). The summed E-state index contributed by atoms with van der Waals surface area (Å²) in [5.41, 5.74) is 0.948. The molecule has 0 saturated heterocycles. The predicted molar refractivity (Wildman–Crippen MR) is 57.6 cm³/mol. The van der Waals surface area contributed by atoms with Crippen LogP contribution in [-0.4, -0.2) is 16.0 Å². The minimum atomic E-state index is -0.673. The third-order valence-electron chi connectivity index (χ3n) is 3.15. The van der Waals surface area contributed by atoms with Gasteiger partial charge in [-0.05, 0) is 6.07 Å². The Balaban J connectivity index is 2.20. The van der Waals surface area contributed by atoms with E-state index in [4.69, 9.17) is 0 Å². The number of hydrogen-bond acceptors (Lipinski definition) is 3. The first-order valence-corrected chi connectivity index (χ1v) is 5.12. The molecule has 3 rings (SSSR count). The number of fused-ring (bicyclic) bond motifs is 1. The molecule has 1 aromatic carbocycles. The molecular formula is C12H9N3O. The summed E-state index contributed by atoms with van der Waals surface area (Å²) in [7, 11) is 0. The van der Waals surface area contributed by atoms with E-state index in [2.05, 4.69) is 16.3 Å². The van der Waals surface area contributed by atoms with Crippen LogP contribution in [0.2, 0.25) is 0 Å². The Labute approximate surface area is 91.9 Å². The molecule has 1 N–H and O–H groups in total. The lowest BCUT2D eigenvalue weighted by Crippen LogP contribution is -2.40. The van der Waals surface area contributed by atoms with Crippen molar-refractivity contribution in [3.8, 4) is 6.07 Å². The molecule has 1 aliphatic rings. The second kappa shape index (κ2) is 2.92. The maximum absolute atomic E-state index is 11.1. The fourth-order valence-electron chi connectivity index (χ4n) is 2.26.